The molecule has 22 heavy (non-hydrogen) atoms. The van der Waals surface area contributed by atoms with Crippen molar-refractivity contribution >= 4 is 11.9 Å². The number of amides is 1. The number of esters is 1. The van der Waals surface area contributed by atoms with Gasteiger partial charge in [-0.1, -0.05) is 57.5 Å². The maximum absolute atomic E-state index is 12.5. The van der Waals surface area contributed by atoms with E-state index in [1.165, 1.54) is 0 Å². The molecule has 1 amide bonds. The summed E-state index contributed by atoms with van der Waals surface area (Å²) in [5.41, 5.74) is 0.976. The quantitative estimate of drug-likeness (QED) is 0.750. The van der Waals surface area contributed by atoms with Crippen LogP contribution in [0.3, 0.4) is 0 Å². The summed E-state index contributed by atoms with van der Waals surface area (Å²) in [6, 6.07) is 9.03. The zero-order valence-corrected chi connectivity index (χ0v) is 14.0. The lowest BCUT2D eigenvalue weighted by atomic mass is 9.93. The fraction of sp³-hybridized carbons (Fsp3) is 0.556. The molecule has 0 heterocycles. The zero-order chi connectivity index (χ0) is 16.5. The summed E-state index contributed by atoms with van der Waals surface area (Å²) in [7, 11) is 0. The van der Waals surface area contributed by atoms with Crippen LogP contribution in [0.2, 0.25) is 0 Å². The highest BCUT2D eigenvalue weighted by Crippen LogP contribution is 2.21. The van der Waals surface area contributed by atoms with Crippen molar-refractivity contribution in [3.05, 3.63) is 35.9 Å². The van der Waals surface area contributed by atoms with E-state index in [2.05, 4.69) is 5.32 Å². The van der Waals surface area contributed by atoms with Gasteiger partial charge in [0.15, 0.2) is 0 Å². The molecule has 0 saturated carbocycles. The number of hydrogen-bond acceptors (Lipinski definition) is 3. The summed E-state index contributed by atoms with van der Waals surface area (Å²) in [4.78, 5) is 24.3. The lowest BCUT2D eigenvalue weighted by molar-refractivity contribution is -0.148. The molecule has 0 aliphatic carbocycles. The fourth-order valence-corrected chi connectivity index (χ4v) is 2.17. The predicted octanol–water partition coefficient (Wildman–Crippen LogP) is 3.27. The number of nitrogens with one attached hydrogen (secondary N) is 1. The Kier molecular flexibility index (Phi) is 7.64. The van der Waals surface area contributed by atoms with Crippen molar-refractivity contribution in [3.8, 4) is 0 Å². The standard InChI is InChI=1S/C18H27NO3/c1-5-9-16(15-10-7-6-8-11-15)17(20)19-14(4)18(21)22-12-13(2)3/h6-8,10-11,13-14,16H,5,9,12H2,1-4H3,(H,19,20)/t14-,16-/m0/s1. The average molecular weight is 305 g/mol. The average Bonchev–Trinajstić information content (AvgIpc) is 2.50. The molecule has 1 aromatic carbocycles. The first-order valence-electron chi connectivity index (χ1n) is 7.97. The third-order valence-electron chi connectivity index (χ3n) is 3.37. The summed E-state index contributed by atoms with van der Waals surface area (Å²) in [5, 5.41) is 2.77. The molecule has 0 bridgehead atoms. The molecule has 0 aliphatic heterocycles. The van der Waals surface area contributed by atoms with E-state index in [1.807, 2.05) is 51.1 Å². The van der Waals surface area contributed by atoms with Crippen molar-refractivity contribution in [3.63, 3.8) is 0 Å². The molecule has 0 aromatic heterocycles. The van der Waals surface area contributed by atoms with Gasteiger partial charge in [0.05, 0.1) is 12.5 Å². The van der Waals surface area contributed by atoms with E-state index in [1.54, 1.807) is 6.92 Å². The van der Waals surface area contributed by atoms with Crippen LogP contribution < -0.4 is 5.32 Å². The number of hydrogen-bond donors (Lipinski definition) is 1. The first kappa shape index (κ1) is 18.2. The van der Waals surface area contributed by atoms with Crippen molar-refractivity contribution in [2.75, 3.05) is 6.61 Å². The van der Waals surface area contributed by atoms with Gasteiger partial charge in [-0.2, -0.15) is 0 Å². The van der Waals surface area contributed by atoms with Gasteiger partial charge in [-0.25, -0.2) is 4.79 Å². The number of carbonyl (C=O) groups is 2. The van der Waals surface area contributed by atoms with Crippen LogP contribution in [0.5, 0.6) is 0 Å². The normalized spacial score (nSPS) is 13.5. The summed E-state index contributed by atoms with van der Waals surface area (Å²) in [6.07, 6.45) is 1.66. The van der Waals surface area contributed by atoms with Crippen LogP contribution in [-0.4, -0.2) is 24.5 Å². The van der Waals surface area contributed by atoms with Crippen molar-refractivity contribution in [1.29, 1.82) is 0 Å². The monoisotopic (exact) mass is 305 g/mol. The van der Waals surface area contributed by atoms with E-state index in [4.69, 9.17) is 4.74 Å². The van der Waals surface area contributed by atoms with Gasteiger partial charge in [0.2, 0.25) is 5.91 Å². The maximum atomic E-state index is 12.5. The minimum atomic E-state index is -0.630. The van der Waals surface area contributed by atoms with Crippen molar-refractivity contribution in [2.24, 2.45) is 5.92 Å². The molecular weight excluding hydrogens is 278 g/mol. The van der Waals surface area contributed by atoms with E-state index in [9.17, 15) is 9.59 Å². The highest BCUT2D eigenvalue weighted by molar-refractivity contribution is 5.88. The van der Waals surface area contributed by atoms with Gasteiger partial charge >= 0.3 is 5.97 Å². The first-order chi connectivity index (χ1) is 10.5. The van der Waals surface area contributed by atoms with Gasteiger partial charge in [-0.3, -0.25) is 4.79 Å². The van der Waals surface area contributed by atoms with Gasteiger partial charge in [0.25, 0.3) is 0 Å². The van der Waals surface area contributed by atoms with Crippen molar-refractivity contribution < 1.29 is 14.3 Å². The minimum absolute atomic E-state index is 0.123. The number of carbonyl (C=O) groups excluding carboxylic acids is 2. The molecule has 1 N–H and O–H groups in total. The van der Waals surface area contributed by atoms with Gasteiger partial charge in [0.1, 0.15) is 6.04 Å². The van der Waals surface area contributed by atoms with Gasteiger partial charge < -0.3 is 10.1 Å². The summed E-state index contributed by atoms with van der Waals surface area (Å²) in [5.74, 6) is -0.456. The Labute approximate surface area is 133 Å². The Morgan fingerprint density at radius 3 is 2.32 bits per heavy atom. The molecule has 1 aromatic rings. The van der Waals surface area contributed by atoms with Crippen LogP contribution in [0.25, 0.3) is 0 Å². The second-order valence-corrected chi connectivity index (χ2v) is 6.01. The molecular formula is C18H27NO3. The van der Waals surface area contributed by atoms with E-state index in [-0.39, 0.29) is 23.7 Å². The fourth-order valence-electron chi connectivity index (χ4n) is 2.17. The van der Waals surface area contributed by atoms with Crippen molar-refractivity contribution in [2.45, 2.75) is 52.5 Å². The van der Waals surface area contributed by atoms with Gasteiger partial charge in [-0.05, 0) is 24.8 Å². The Morgan fingerprint density at radius 1 is 1.14 bits per heavy atom. The number of rotatable bonds is 8. The third-order valence-corrected chi connectivity index (χ3v) is 3.37. The Balaban J connectivity index is 2.65. The largest absolute Gasteiger partial charge is 0.464 e. The Morgan fingerprint density at radius 2 is 1.77 bits per heavy atom. The number of benzene rings is 1. The molecule has 0 spiro atoms. The van der Waals surface area contributed by atoms with Crippen LogP contribution in [0.4, 0.5) is 0 Å². The lowest BCUT2D eigenvalue weighted by Crippen LogP contribution is -2.42. The smallest absolute Gasteiger partial charge is 0.328 e. The molecule has 4 heteroatoms. The van der Waals surface area contributed by atoms with Gasteiger partial charge in [-0.15, -0.1) is 0 Å². The van der Waals surface area contributed by atoms with E-state index in [0.29, 0.717) is 6.61 Å². The molecule has 122 valence electrons. The van der Waals surface area contributed by atoms with Crippen LogP contribution in [-0.2, 0) is 14.3 Å². The second-order valence-electron chi connectivity index (χ2n) is 6.01. The van der Waals surface area contributed by atoms with Crippen LogP contribution in [0.15, 0.2) is 30.3 Å². The van der Waals surface area contributed by atoms with E-state index in [0.717, 1.165) is 18.4 Å². The molecule has 0 saturated heterocycles. The predicted molar refractivity (Wildman–Crippen MR) is 87.5 cm³/mol. The molecule has 0 fully saturated rings. The summed E-state index contributed by atoms with van der Waals surface area (Å²) < 4.78 is 5.16. The molecule has 1 rings (SSSR count). The second kappa shape index (κ2) is 9.23. The summed E-state index contributed by atoms with van der Waals surface area (Å²) >= 11 is 0. The van der Waals surface area contributed by atoms with Crippen LogP contribution in [0.1, 0.15) is 52.0 Å². The molecule has 0 aliphatic rings. The SMILES string of the molecule is CCC[C@H](C(=O)N[C@@H](C)C(=O)OCC(C)C)c1ccccc1. The first-order valence-corrected chi connectivity index (χ1v) is 7.97. The maximum Gasteiger partial charge on any atom is 0.328 e. The highest BCUT2D eigenvalue weighted by Gasteiger charge is 2.24. The third kappa shape index (κ3) is 5.88. The topological polar surface area (TPSA) is 55.4 Å². The van der Waals surface area contributed by atoms with Crippen LogP contribution in [0, 0.1) is 5.92 Å². The van der Waals surface area contributed by atoms with Crippen molar-refractivity contribution in [1.82, 2.24) is 5.32 Å². The van der Waals surface area contributed by atoms with E-state index >= 15 is 0 Å². The Hall–Kier alpha value is -1.84. The van der Waals surface area contributed by atoms with Crippen LogP contribution >= 0.6 is 0 Å². The van der Waals surface area contributed by atoms with E-state index < -0.39 is 6.04 Å². The highest BCUT2D eigenvalue weighted by atomic mass is 16.5. The lowest BCUT2D eigenvalue weighted by Gasteiger charge is -2.20. The zero-order valence-electron chi connectivity index (χ0n) is 14.0. The minimum Gasteiger partial charge on any atom is -0.464 e. The Bertz CT molecular complexity index is 470. The summed E-state index contributed by atoms with van der Waals surface area (Å²) in [6.45, 7) is 8.03. The molecule has 0 unspecified atom stereocenters. The molecule has 0 radical (unpaired) electrons. The molecule has 2 atom stereocenters. The number of ether oxygens (including phenoxy) is 1. The molecule has 4 nitrogen and oxygen atoms in total. The van der Waals surface area contributed by atoms with Gasteiger partial charge in [0, 0.05) is 0 Å².